The average molecular weight is 591 g/mol. The van der Waals surface area contributed by atoms with Gasteiger partial charge in [0.15, 0.2) is 5.60 Å². The molecule has 1 aromatic carbocycles. The molecule has 3 heterocycles. The summed E-state index contributed by atoms with van der Waals surface area (Å²) in [7, 11) is 4.95. The first-order chi connectivity index (χ1) is 19.3. The van der Waals surface area contributed by atoms with Gasteiger partial charge in [-0.3, -0.25) is 4.79 Å². The van der Waals surface area contributed by atoms with Crippen LogP contribution in [0.25, 0.3) is 10.9 Å². The van der Waals surface area contributed by atoms with Crippen molar-refractivity contribution in [1.29, 1.82) is 0 Å². The molecule has 1 fully saturated rings. The highest BCUT2D eigenvalue weighted by Gasteiger charge is 2.63. The number of benzene rings is 1. The van der Waals surface area contributed by atoms with Crippen LogP contribution in [0, 0.1) is 19.3 Å². The van der Waals surface area contributed by atoms with E-state index in [4.69, 9.17) is 16.3 Å². The molecular weight excluding hydrogens is 561 g/mol. The number of rotatable bonds is 7. The second-order valence-corrected chi connectivity index (χ2v) is 10.8. The lowest BCUT2D eigenvalue weighted by molar-refractivity contribution is -0.243. The van der Waals surface area contributed by atoms with Crippen molar-refractivity contribution in [3.63, 3.8) is 0 Å². The van der Waals surface area contributed by atoms with Crippen LogP contribution in [0.1, 0.15) is 53.4 Å². The monoisotopic (exact) mass is 590 g/mol. The van der Waals surface area contributed by atoms with E-state index in [0.717, 1.165) is 0 Å². The Kier molecular flexibility index (Phi) is 7.06. The topological polar surface area (TPSA) is 107 Å². The van der Waals surface area contributed by atoms with Gasteiger partial charge in [-0.05, 0) is 44.4 Å². The smallest absolute Gasteiger partial charge is 0.403 e. The van der Waals surface area contributed by atoms with Crippen molar-refractivity contribution in [2.75, 3.05) is 7.11 Å². The van der Waals surface area contributed by atoms with Gasteiger partial charge in [0, 0.05) is 26.0 Å². The van der Waals surface area contributed by atoms with E-state index in [0.29, 0.717) is 45.9 Å². The minimum absolute atomic E-state index is 0.0741. The Labute approximate surface area is 239 Å². The molecule has 0 unspecified atom stereocenters. The van der Waals surface area contributed by atoms with Crippen LogP contribution in [0.15, 0.2) is 30.6 Å². The molecule has 0 spiro atoms. The molecule has 13 heteroatoms. The number of amides is 1. The van der Waals surface area contributed by atoms with Gasteiger partial charge in [0.2, 0.25) is 11.8 Å². The Morgan fingerprint density at radius 1 is 1.12 bits per heavy atom. The number of hydrogen-bond acceptors (Lipinski definition) is 6. The standard InChI is InChI=1S/C28H30ClF3N6O3/c1-15-33-13-21(37(15)3)27(40,22-14-34-16(2)38(22)4)17-7-8-20-18(11-17)23(29)19(24(36-20)41-5)12-35-25(39)26(9-6-10-26)28(30,31)32/h7-8,11,13-14,40H,6,9-10,12H2,1-5H3,(H,35,39). The molecule has 3 aromatic heterocycles. The molecule has 1 aliphatic carbocycles. The van der Waals surface area contributed by atoms with Crippen molar-refractivity contribution < 1.29 is 27.8 Å². The maximum absolute atomic E-state index is 13.7. The van der Waals surface area contributed by atoms with Crippen LogP contribution in [0.2, 0.25) is 5.02 Å². The van der Waals surface area contributed by atoms with Crippen LogP contribution in [-0.2, 0) is 31.0 Å². The predicted molar refractivity (Wildman–Crippen MR) is 145 cm³/mol. The van der Waals surface area contributed by atoms with Gasteiger partial charge >= 0.3 is 6.18 Å². The van der Waals surface area contributed by atoms with Crippen molar-refractivity contribution in [2.24, 2.45) is 19.5 Å². The van der Waals surface area contributed by atoms with E-state index in [2.05, 4.69) is 20.3 Å². The van der Waals surface area contributed by atoms with Gasteiger partial charge in [-0.1, -0.05) is 24.1 Å². The SMILES string of the molecule is COc1nc2ccc(C(O)(c3cnc(C)n3C)c3cnc(C)n3C)cc2c(Cl)c1CNC(=O)C1(C(F)(F)F)CCC1. The molecule has 1 aliphatic rings. The van der Waals surface area contributed by atoms with Crippen LogP contribution in [0.4, 0.5) is 13.2 Å². The highest BCUT2D eigenvalue weighted by atomic mass is 35.5. The third-order valence-corrected chi connectivity index (χ3v) is 8.81. The van der Waals surface area contributed by atoms with Gasteiger partial charge in [-0.25, -0.2) is 15.0 Å². The van der Waals surface area contributed by atoms with Crippen molar-refractivity contribution in [1.82, 2.24) is 29.4 Å². The molecule has 0 aliphatic heterocycles. The summed E-state index contributed by atoms with van der Waals surface area (Å²) in [6, 6.07) is 5.05. The van der Waals surface area contributed by atoms with Crippen LogP contribution in [0.5, 0.6) is 5.88 Å². The molecular formula is C28H30ClF3N6O3. The second kappa shape index (κ2) is 10.0. The Bertz CT molecular complexity index is 1610. The summed E-state index contributed by atoms with van der Waals surface area (Å²) in [5.41, 5.74) is -2.04. The number of methoxy groups -OCH3 is 1. The zero-order valence-corrected chi connectivity index (χ0v) is 24.0. The average Bonchev–Trinajstić information content (AvgIpc) is 3.41. The first-order valence-electron chi connectivity index (χ1n) is 13.0. The lowest BCUT2D eigenvalue weighted by atomic mass is 9.67. The molecule has 218 valence electrons. The summed E-state index contributed by atoms with van der Waals surface area (Å²) in [5.74, 6) is 0.341. The summed E-state index contributed by atoms with van der Waals surface area (Å²) in [6.45, 7) is 3.32. The fourth-order valence-corrected chi connectivity index (χ4v) is 5.70. The summed E-state index contributed by atoms with van der Waals surface area (Å²) < 4.78 is 50.0. The van der Waals surface area contributed by atoms with Crippen molar-refractivity contribution in [2.45, 2.75) is 51.4 Å². The summed E-state index contributed by atoms with van der Waals surface area (Å²) >= 11 is 6.84. The number of aryl methyl sites for hydroxylation is 2. The minimum Gasteiger partial charge on any atom is -0.481 e. The van der Waals surface area contributed by atoms with E-state index < -0.39 is 23.1 Å². The largest absolute Gasteiger partial charge is 0.481 e. The molecule has 2 N–H and O–H groups in total. The van der Waals surface area contributed by atoms with E-state index in [1.54, 1.807) is 53.8 Å². The zero-order chi connectivity index (χ0) is 29.9. The first kappa shape index (κ1) is 28.9. The number of ether oxygens (including phenoxy) is 1. The number of imidazole rings is 2. The molecule has 5 rings (SSSR count). The number of nitrogens with zero attached hydrogens (tertiary/aromatic N) is 5. The van der Waals surface area contributed by atoms with Gasteiger partial charge in [0.25, 0.3) is 0 Å². The highest BCUT2D eigenvalue weighted by molar-refractivity contribution is 6.36. The lowest BCUT2D eigenvalue weighted by Gasteiger charge is -2.41. The number of alkyl halides is 3. The number of carbonyl (C=O) groups is 1. The van der Waals surface area contributed by atoms with Crippen molar-refractivity contribution in [3.05, 3.63) is 69.8 Å². The molecule has 0 atom stereocenters. The molecule has 0 radical (unpaired) electrons. The van der Waals surface area contributed by atoms with Crippen LogP contribution < -0.4 is 10.1 Å². The fourth-order valence-electron chi connectivity index (χ4n) is 5.40. The van der Waals surface area contributed by atoms with E-state index >= 15 is 0 Å². The molecule has 1 amide bonds. The summed E-state index contributed by atoms with van der Waals surface area (Å²) in [5, 5.41) is 15.4. The summed E-state index contributed by atoms with van der Waals surface area (Å²) in [6.07, 6.45) is -1.66. The van der Waals surface area contributed by atoms with Crippen molar-refractivity contribution in [3.8, 4) is 5.88 Å². The molecule has 0 saturated heterocycles. The van der Waals surface area contributed by atoms with Crippen LogP contribution in [-0.4, -0.2) is 48.4 Å². The molecule has 9 nitrogen and oxygen atoms in total. The first-order valence-corrected chi connectivity index (χ1v) is 13.4. The Hall–Kier alpha value is -3.64. The predicted octanol–water partition coefficient (Wildman–Crippen LogP) is 4.61. The molecule has 1 saturated carbocycles. The summed E-state index contributed by atoms with van der Waals surface area (Å²) in [4.78, 5) is 26.0. The Balaban J connectivity index is 1.62. The molecule has 41 heavy (non-hydrogen) atoms. The number of carbonyl (C=O) groups excluding carboxylic acids is 1. The number of aliphatic hydroxyl groups is 1. The second-order valence-electron chi connectivity index (χ2n) is 10.5. The maximum atomic E-state index is 13.7. The molecule has 0 bridgehead atoms. The lowest BCUT2D eigenvalue weighted by Crippen LogP contribution is -2.54. The molecule has 4 aromatic rings. The van der Waals surface area contributed by atoms with Crippen molar-refractivity contribution >= 4 is 28.4 Å². The number of hydrogen-bond donors (Lipinski definition) is 2. The fraction of sp³-hybridized carbons (Fsp3) is 0.429. The van der Waals surface area contributed by atoms with E-state index in [9.17, 15) is 23.1 Å². The van der Waals surface area contributed by atoms with E-state index in [1.807, 2.05) is 13.8 Å². The Morgan fingerprint density at radius 2 is 1.71 bits per heavy atom. The minimum atomic E-state index is -4.65. The third-order valence-electron chi connectivity index (χ3n) is 8.38. The zero-order valence-electron chi connectivity index (χ0n) is 23.2. The van der Waals surface area contributed by atoms with Gasteiger partial charge in [-0.15, -0.1) is 0 Å². The third kappa shape index (κ3) is 4.35. The van der Waals surface area contributed by atoms with Gasteiger partial charge < -0.3 is 24.3 Å². The number of halogens is 4. The highest BCUT2D eigenvalue weighted by Crippen LogP contribution is 2.53. The van der Waals surface area contributed by atoms with Gasteiger partial charge in [-0.2, -0.15) is 13.2 Å². The van der Waals surface area contributed by atoms with Crippen LogP contribution in [0.3, 0.4) is 0 Å². The quantitative estimate of drug-likeness (QED) is 0.325. The van der Waals surface area contributed by atoms with Crippen LogP contribution >= 0.6 is 11.6 Å². The number of aromatic nitrogens is 5. The Morgan fingerprint density at radius 3 is 2.15 bits per heavy atom. The normalized spacial score (nSPS) is 15.2. The maximum Gasteiger partial charge on any atom is 0.403 e. The van der Waals surface area contributed by atoms with Gasteiger partial charge in [0.05, 0.1) is 47.0 Å². The number of nitrogens with one attached hydrogen (secondary N) is 1. The number of fused-ring (bicyclic) bond motifs is 1. The number of pyridine rings is 1. The van der Waals surface area contributed by atoms with E-state index in [1.165, 1.54) is 7.11 Å². The van der Waals surface area contributed by atoms with E-state index in [-0.39, 0.29) is 35.9 Å². The van der Waals surface area contributed by atoms with Gasteiger partial charge in [0.1, 0.15) is 17.1 Å².